The van der Waals surface area contributed by atoms with Crippen LogP contribution in [0.25, 0.3) is 0 Å². The van der Waals surface area contributed by atoms with Crippen molar-refractivity contribution >= 4 is 64.3 Å². The topological polar surface area (TPSA) is 108 Å². The van der Waals surface area contributed by atoms with E-state index in [1.807, 2.05) is 0 Å². The Labute approximate surface area is 129 Å². The van der Waals surface area contributed by atoms with Crippen molar-refractivity contribution in [3.8, 4) is 0 Å². The van der Waals surface area contributed by atoms with Gasteiger partial charge in [0.05, 0.1) is 0 Å². The van der Waals surface area contributed by atoms with Crippen molar-refractivity contribution in [3.05, 3.63) is 0 Å². The number of thiocarbonyl (C=S) groups is 2. The molecule has 0 amide bonds. The molecule has 1 heterocycles. The third kappa shape index (κ3) is 36.7. The molecule has 1 saturated heterocycles. The number of aliphatic hydroxyl groups excluding tert-OH is 2. The Morgan fingerprint density at radius 1 is 1.12 bits per heavy atom. The molecule has 9 heteroatoms. The standard InChI is InChI=1S/C5H12N2.2CH3NOS.Na.H/c1-7-4-2-6-3-5-7;2*2-1(3)4;;/h6H,2-5H2,1H3;2*(H3,2,3,4);;. The van der Waals surface area contributed by atoms with Crippen LogP contribution < -0.4 is 16.8 Å². The van der Waals surface area contributed by atoms with Gasteiger partial charge < -0.3 is 31.9 Å². The van der Waals surface area contributed by atoms with Gasteiger partial charge in [0, 0.05) is 26.2 Å². The van der Waals surface area contributed by atoms with Crippen molar-refractivity contribution in [1.82, 2.24) is 10.2 Å². The average molecular weight is 278 g/mol. The monoisotopic (exact) mass is 278 g/mol. The van der Waals surface area contributed by atoms with Gasteiger partial charge in [-0.05, 0) is 31.5 Å². The van der Waals surface area contributed by atoms with Crippen molar-refractivity contribution in [3.63, 3.8) is 0 Å². The number of nitrogens with two attached hydrogens (primary N) is 2. The van der Waals surface area contributed by atoms with Crippen LogP contribution >= 0.6 is 24.4 Å². The van der Waals surface area contributed by atoms with Gasteiger partial charge in [-0.15, -0.1) is 0 Å². The van der Waals surface area contributed by atoms with Crippen LogP contribution in [-0.2, 0) is 0 Å². The van der Waals surface area contributed by atoms with E-state index in [0.29, 0.717) is 0 Å². The molecule has 0 radical (unpaired) electrons. The van der Waals surface area contributed by atoms with Gasteiger partial charge >= 0.3 is 29.6 Å². The number of hydrogen-bond acceptors (Lipinski definition) is 4. The molecule has 6 nitrogen and oxygen atoms in total. The quantitative estimate of drug-likeness (QED) is 0.268. The van der Waals surface area contributed by atoms with Crippen molar-refractivity contribution < 1.29 is 10.2 Å². The molecule has 0 aliphatic carbocycles. The number of rotatable bonds is 0. The molecule has 0 bridgehead atoms. The Bertz CT molecular complexity index is 171. The van der Waals surface area contributed by atoms with Gasteiger partial charge in [0.1, 0.15) is 0 Å². The number of nitrogens with zero attached hydrogens (tertiary/aromatic N) is 1. The summed E-state index contributed by atoms with van der Waals surface area (Å²) >= 11 is 7.74. The van der Waals surface area contributed by atoms with Crippen LogP contribution in [-0.4, -0.2) is 88.2 Å². The summed E-state index contributed by atoms with van der Waals surface area (Å²) in [6.45, 7) is 4.74. The van der Waals surface area contributed by atoms with Gasteiger partial charge in [-0.1, -0.05) is 0 Å². The third-order valence-electron chi connectivity index (χ3n) is 1.34. The first-order valence-electron chi connectivity index (χ1n) is 4.22. The first kappa shape index (κ1) is 21.6. The van der Waals surface area contributed by atoms with E-state index < -0.39 is 10.3 Å². The maximum absolute atomic E-state index is 7.56. The van der Waals surface area contributed by atoms with Crippen LogP contribution in [0.1, 0.15) is 0 Å². The first-order chi connectivity index (χ1) is 6.86. The molecule has 1 rings (SSSR count). The molecule has 0 unspecified atom stereocenters. The van der Waals surface area contributed by atoms with Crippen molar-refractivity contribution in [2.24, 2.45) is 11.5 Å². The number of hydrogen-bond donors (Lipinski definition) is 5. The molecule has 0 atom stereocenters. The minimum absolute atomic E-state index is 0. The molecule has 1 fully saturated rings. The number of likely N-dealkylation sites (N-methyl/N-ethyl adjacent to an activating group) is 1. The summed E-state index contributed by atoms with van der Waals surface area (Å²) in [7, 11) is 2.15. The van der Waals surface area contributed by atoms with E-state index in [0.717, 1.165) is 13.1 Å². The number of piperazine rings is 1. The third-order valence-corrected chi connectivity index (χ3v) is 1.34. The summed E-state index contributed by atoms with van der Waals surface area (Å²) in [4.78, 5) is 2.33. The van der Waals surface area contributed by atoms with E-state index in [-0.39, 0.29) is 29.6 Å². The summed E-state index contributed by atoms with van der Waals surface area (Å²) < 4.78 is 0. The molecule has 1 aliphatic rings. The zero-order chi connectivity index (χ0) is 12.3. The van der Waals surface area contributed by atoms with E-state index in [4.69, 9.17) is 10.2 Å². The molecule has 1 aliphatic heterocycles. The minimum atomic E-state index is -0.500. The van der Waals surface area contributed by atoms with Gasteiger partial charge in [0.2, 0.25) is 0 Å². The Hall–Kier alpha value is 0.300. The summed E-state index contributed by atoms with van der Waals surface area (Å²) in [5.41, 5.74) is 8.80. The molecule has 7 N–H and O–H groups in total. The zero-order valence-corrected chi connectivity index (χ0v) is 10.3. The first-order valence-corrected chi connectivity index (χ1v) is 5.04. The van der Waals surface area contributed by atoms with Crippen molar-refractivity contribution in [2.75, 3.05) is 33.2 Å². The van der Waals surface area contributed by atoms with Crippen LogP contribution in [0.2, 0.25) is 0 Å². The van der Waals surface area contributed by atoms with Crippen LogP contribution in [0.4, 0.5) is 0 Å². The summed E-state index contributed by atoms with van der Waals surface area (Å²) in [6.07, 6.45) is 0. The molecular weight excluding hydrogens is 259 g/mol. The fourth-order valence-electron chi connectivity index (χ4n) is 0.777. The predicted octanol–water partition coefficient (Wildman–Crippen LogP) is -1.55. The number of aliphatic hydroxyl groups is 2. The molecule has 16 heavy (non-hydrogen) atoms. The van der Waals surface area contributed by atoms with E-state index in [9.17, 15) is 0 Å². The SMILES string of the molecule is CN1CCNCC1.NC(O)=S.NC(O)=S.[NaH]. The van der Waals surface area contributed by atoms with Gasteiger partial charge in [-0.25, -0.2) is 0 Å². The fraction of sp³-hybridized carbons (Fsp3) is 0.714. The predicted molar refractivity (Wildman–Crippen MR) is 76.3 cm³/mol. The maximum atomic E-state index is 7.56. The molecule has 0 aromatic carbocycles. The second kappa shape index (κ2) is 15.3. The second-order valence-corrected chi connectivity index (χ2v) is 3.57. The average Bonchev–Trinajstić information content (AvgIpc) is 2.03. The second-order valence-electron chi connectivity index (χ2n) is 2.73. The molecular formula is C7H19N4NaO2S2. The fourth-order valence-corrected chi connectivity index (χ4v) is 0.777. The molecule has 92 valence electrons. The normalized spacial score (nSPS) is 14.1. The van der Waals surface area contributed by atoms with Crippen LogP contribution in [0.3, 0.4) is 0 Å². The van der Waals surface area contributed by atoms with Gasteiger partial charge in [0.15, 0.2) is 0 Å². The summed E-state index contributed by atoms with van der Waals surface area (Å²) in [6, 6.07) is 0. The van der Waals surface area contributed by atoms with E-state index in [2.05, 4.69) is 53.2 Å². The summed E-state index contributed by atoms with van der Waals surface area (Å²) in [5.74, 6) is 0. The van der Waals surface area contributed by atoms with Crippen molar-refractivity contribution in [2.45, 2.75) is 0 Å². The van der Waals surface area contributed by atoms with E-state index >= 15 is 0 Å². The van der Waals surface area contributed by atoms with Gasteiger partial charge in [0.25, 0.3) is 10.3 Å². The van der Waals surface area contributed by atoms with Crippen LogP contribution in [0.5, 0.6) is 0 Å². The molecule has 0 saturated carbocycles. The number of nitrogens with one attached hydrogen (secondary N) is 1. The molecule has 0 spiro atoms. The van der Waals surface area contributed by atoms with Gasteiger partial charge in [-0.3, -0.25) is 0 Å². The Morgan fingerprint density at radius 2 is 1.38 bits per heavy atom. The summed E-state index contributed by atoms with van der Waals surface area (Å²) in [5, 5.41) is 17.4. The van der Waals surface area contributed by atoms with Crippen LogP contribution in [0.15, 0.2) is 0 Å². The Balaban J connectivity index is -0.000000166. The molecule has 0 aromatic heterocycles. The Morgan fingerprint density at radius 3 is 1.50 bits per heavy atom. The van der Waals surface area contributed by atoms with Crippen LogP contribution in [0, 0.1) is 0 Å². The van der Waals surface area contributed by atoms with Gasteiger partial charge in [-0.2, -0.15) is 0 Å². The Kier molecular flexibility index (Phi) is 20.6. The van der Waals surface area contributed by atoms with E-state index in [1.54, 1.807) is 0 Å². The molecule has 0 aromatic rings. The zero-order valence-electron chi connectivity index (χ0n) is 8.64. The van der Waals surface area contributed by atoms with E-state index in [1.165, 1.54) is 13.1 Å². The van der Waals surface area contributed by atoms with Crippen molar-refractivity contribution in [1.29, 1.82) is 0 Å².